The first kappa shape index (κ1) is 15.3. The average molecular weight is 412 g/mol. The molecule has 7 heteroatoms. The molecule has 1 saturated heterocycles. The number of anilines is 1. The smallest absolute Gasteiger partial charge is 0.233 e. The molecule has 1 aromatic rings. The van der Waals surface area contributed by atoms with E-state index in [-0.39, 0.29) is 11.7 Å². The molecular weight excluding hydrogens is 396 g/mol. The SMILES string of the molecule is O=S(=O)(CC1CCCNC1)Nc1c(Br)cccc1Br. The van der Waals surface area contributed by atoms with E-state index in [0.29, 0.717) is 5.69 Å². The van der Waals surface area contributed by atoms with Gasteiger partial charge in [-0.25, -0.2) is 8.42 Å². The second kappa shape index (κ2) is 6.56. The Labute approximate surface area is 130 Å². The largest absolute Gasteiger partial charge is 0.316 e. The fourth-order valence-corrected chi connectivity index (χ4v) is 5.15. The average Bonchev–Trinajstić information content (AvgIpc) is 2.35. The Hall–Kier alpha value is -0.110. The van der Waals surface area contributed by atoms with E-state index in [1.165, 1.54) is 0 Å². The predicted molar refractivity (Wildman–Crippen MR) is 84.8 cm³/mol. The molecule has 0 radical (unpaired) electrons. The van der Waals surface area contributed by atoms with Gasteiger partial charge in [-0.2, -0.15) is 0 Å². The molecule has 0 amide bonds. The van der Waals surface area contributed by atoms with Crippen LogP contribution in [0.15, 0.2) is 27.1 Å². The van der Waals surface area contributed by atoms with Crippen molar-refractivity contribution in [2.24, 2.45) is 5.92 Å². The lowest BCUT2D eigenvalue weighted by Gasteiger charge is -2.23. The number of hydrogen-bond acceptors (Lipinski definition) is 3. The van der Waals surface area contributed by atoms with Gasteiger partial charge in [0.1, 0.15) is 0 Å². The van der Waals surface area contributed by atoms with Crippen LogP contribution in [0, 0.1) is 5.92 Å². The summed E-state index contributed by atoms with van der Waals surface area (Å²) in [5.74, 6) is 0.348. The van der Waals surface area contributed by atoms with Gasteiger partial charge in [0.2, 0.25) is 10.0 Å². The summed E-state index contributed by atoms with van der Waals surface area (Å²) in [4.78, 5) is 0. The van der Waals surface area contributed by atoms with E-state index in [2.05, 4.69) is 41.9 Å². The fraction of sp³-hybridized carbons (Fsp3) is 0.500. The highest BCUT2D eigenvalue weighted by Crippen LogP contribution is 2.31. The molecule has 1 heterocycles. The minimum absolute atomic E-state index is 0.160. The van der Waals surface area contributed by atoms with Crippen LogP contribution in [0.1, 0.15) is 12.8 Å². The number of nitrogens with one attached hydrogen (secondary N) is 2. The minimum atomic E-state index is -3.33. The van der Waals surface area contributed by atoms with Gasteiger partial charge in [-0.05, 0) is 75.8 Å². The molecule has 19 heavy (non-hydrogen) atoms. The fourth-order valence-electron chi connectivity index (χ4n) is 2.17. The summed E-state index contributed by atoms with van der Waals surface area (Å²) in [5, 5.41) is 3.23. The van der Waals surface area contributed by atoms with Crippen LogP contribution in [-0.4, -0.2) is 27.3 Å². The highest BCUT2D eigenvalue weighted by molar-refractivity contribution is 9.11. The van der Waals surface area contributed by atoms with E-state index in [1.54, 1.807) is 0 Å². The summed E-state index contributed by atoms with van der Waals surface area (Å²) in [6.07, 6.45) is 2.00. The lowest BCUT2D eigenvalue weighted by Crippen LogP contribution is -2.35. The Balaban J connectivity index is 2.08. The van der Waals surface area contributed by atoms with Gasteiger partial charge in [-0.3, -0.25) is 4.72 Å². The number of sulfonamides is 1. The Morgan fingerprint density at radius 3 is 2.58 bits per heavy atom. The maximum Gasteiger partial charge on any atom is 0.233 e. The zero-order valence-electron chi connectivity index (χ0n) is 10.3. The van der Waals surface area contributed by atoms with Crippen LogP contribution >= 0.6 is 31.9 Å². The highest BCUT2D eigenvalue weighted by atomic mass is 79.9. The maximum absolute atomic E-state index is 12.2. The quantitative estimate of drug-likeness (QED) is 0.800. The number of hydrogen-bond donors (Lipinski definition) is 2. The van der Waals surface area contributed by atoms with Gasteiger partial charge in [0.05, 0.1) is 11.4 Å². The van der Waals surface area contributed by atoms with Gasteiger partial charge in [0, 0.05) is 8.95 Å². The first-order valence-corrected chi connectivity index (χ1v) is 9.37. The molecule has 0 saturated carbocycles. The topological polar surface area (TPSA) is 58.2 Å². The molecule has 1 aliphatic rings. The van der Waals surface area contributed by atoms with Crippen molar-refractivity contribution in [1.82, 2.24) is 5.32 Å². The van der Waals surface area contributed by atoms with E-state index >= 15 is 0 Å². The summed E-state index contributed by atoms with van der Waals surface area (Å²) >= 11 is 6.71. The molecule has 1 aromatic carbocycles. The van der Waals surface area contributed by atoms with E-state index in [9.17, 15) is 8.42 Å². The molecule has 0 spiro atoms. The molecule has 2 N–H and O–H groups in total. The summed E-state index contributed by atoms with van der Waals surface area (Å²) in [7, 11) is -3.33. The van der Waals surface area contributed by atoms with Crippen LogP contribution < -0.4 is 10.0 Å². The van der Waals surface area contributed by atoms with Crippen molar-refractivity contribution in [1.29, 1.82) is 0 Å². The maximum atomic E-state index is 12.2. The molecule has 0 bridgehead atoms. The Morgan fingerprint density at radius 2 is 2.00 bits per heavy atom. The molecule has 106 valence electrons. The summed E-state index contributed by atoms with van der Waals surface area (Å²) < 4.78 is 28.5. The molecule has 1 unspecified atom stereocenters. The number of para-hydroxylation sites is 1. The third kappa shape index (κ3) is 4.44. The van der Waals surface area contributed by atoms with Crippen LogP contribution in [-0.2, 0) is 10.0 Å². The van der Waals surface area contributed by atoms with Gasteiger partial charge in [0.15, 0.2) is 0 Å². The third-order valence-electron chi connectivity index (χ3n) is 3.07. The molecule has 0 aliphatic carbocycles. The lowest BCUT2D eigenvalue weighted by molar-refractivity contribution is 0.404. The Kier molecular flexibility index (Phi) is 5.28. The molecular formula is C12H16Br2N2O2S. The van der Waals surface area contributed by atoms with Crippen molar-refractivity contribution < 1.29 is 8.42 Å². The number of rotatable bonds is 4. The molecule has 1 atom stereocenters. The standard InChI is InChI=1S/C12H16Br2N2O2S/c13-10-4-1-5-11(14)12(10)16-19(17,18)8-9-3-2-6-15-7-9/h1,4-5,9,15-16H,2-3,6-8H2. The lowest BCUT2D eigenvalue weighted by atomic mass is 10.0. The molecule has 4 nitrogen and oxygen atoms in total. The second-order valence-electron chi connectivity index (χ2n) is 4.69. The van der Waals surface area contributed by atoms with Gasteiger partial charge in [0.25, 0.3) is 0 Å². The van der Waals surface area contributed by atoms with Gasteiger partial charge in [-0.15, -0.1) is 0 Å². The zero-order chi connectivity index (χ0) is 13.9. The van der Waals surface area contributed by atoms with Crippen LogP contribution in [0.3, 0.4) is 0 Å². The van der Waals surface area contributed by atoms with E-state index in [1.807, 2.05) is 18.2 Å². The van der Waals surface area contributed by atoms with Crippen molar-refractivity contribution in [3.63, 3.8) is 0 Å². The summed E-state index contributed by atoms with van der Waals surface area (Å²) in [6, 6.07) is 5.46. The van der Waals surface area contributed by atoms with E-state index < -0.39 is 10.0 Å². The third-order valence-corrected chi connectivity index (χ3v) is 5.82. The van der Waals surface area contributed by atoms with Gasteiger partial charge >= 0.3 is 0 Å². The molecule has 0 aromatic heterocycles. The minimum Gasteiger partial charge on any atom is -0.316 e. The van der Waals surface area contributed by atoms with Crippen molar-refractivity contribution in [2.75, 3.05) is 23.6 Å². The van der Waals surface area contributed by atoms with Crippen molar-refractivity contribution in [3.8, 4) is 0 Å². The summed E-state index contributed by atoms with van der Waals surface area (Å²) in [6.45, 7) is 1.76. The Morgan fingerprint density at radius 1 is 1.32 bits per heavy atom. The molecule has 1 fully saturated rings. The number of piperidine rings is 1. The summed E-state index contributed by atoms with van der Waals surface area (Å²) in [5.41, 5.74) is 0.561. The van der Waals surface area contributed by atoms with Gasteiger partial charge < -0.3 is 5.32 Å². The van der Waals surface area contributed by atoms with Crippen molar-refractivity contribution >= 4 is 47.6 Å². The van der Waals surface area contributed by atoms with E-state index in [0.717, 1.165) is 34.9 Å². The monoisotopic (exact) mass is 410 g/mol. The van der Waals surface area contributed by atoms with Crippen molar-refractivity contribution in [3.05, 3.63) is 27.1 Å². The Bertz CT molecular complexity index is 522. The first-order valence-electron chi connectivity index (χ1n) is 6.13. The van der Waals surface area contributed by atoms with Crippen LogP contribution in [0.2, 0.25) is 0 Å². The van der Waals surface area contributed by atoms with E-state index in [4.69, 9.17) is 0 Å². The van der Waals surface area contributed by atoms with Crippen LogP contribution in [0.4, 0.5) is 5.69 Å². The first-order chi connectivity index (χ1) is 8.98. The van der Waals surface area contributed by atoms with Crippen molar-refractivity contribution in [2.45, 2.75) is 12.8 Å². The number of benzene rings is 1. The molecule has 2 rings (SSSR count). The second-order valence-corrected chi connectivity index (χ2v) is 8.17. The predicted octanol–water partition coefficient (Wildman–Crippen LogP) is 2.95. The number of halogens is 2. The molecule has 1 aliphatic heterocycles. The van der Waals surface area contributed by atoms with Crippen LogP contribution in [0.5, 0.6) is 0 Å². The van der Waals surface area contributed by atoms with Crippen LogP contribution in [0.25, 0.3) is 0 Å². The van der Waals surface area contributed by atoms with Gasteiger partial charge in [-0.1, -0.05) is 6.07 Å². The normalized spacial score (nSPS) is 20.2. The highest BCUT2D eigenvalue weighted by Gasteiger charge is 2.22. The zero-order valence-corrected chi connectivity index (χ0v) is 14.3.